The number of rotatable bonds is 6. The van der Waals surface area contributed by atoms with E-state index in [1.165, 1.54) is 11.3 Å². The Morgan fingerprint density at radius 3 is 2.56 bits per heavy atom. The molecule has 0 unspecified atom stereocenters. The summed E-state index contributed by atoms with van der Waals surface area (Å²) in [6.07, 6.45) is 1.50. The van der Waals surface area contributed by atoms with Crippen molar-refractivity contribution in [1.29, 1.82) is 0 Å². The van der Waals surface area contributed by atoms with E-state index < -0.39 is 10.0 Å². The zero-order valence-corrected chi connectivity index (χ0v) is 16.1. The van der Waals surface area contributed by atoms with Gasteiger partial charge >= 0.3 is 0 Å². The van der Waals surface area contributed by atoms with Gasteiger partial charge < -0.3 is 9.47 Å². The minimum atomic E-state index is -3.52. The maximum absolute atomic E-state index is 12.7. The highest BCUT2D eigenvalue weighted by atomic mass is 32.2. The summed E-state index contributed by atoms with van der Waals surface area (Å²) in [4.78, 5) is 0.978. The molecule has 25 heavy (non-hydrogen) atoms. The average molecular weight is 382 g/mol. The number of methoxy groups -OCH3 is 1. The monoisotopic (exact) mass is 381 g/mol. The lowest BCUT2D eigenvalue weighted by atomic mass is 9.74. The van der Waals surface area contributed by atoms with Gasteiger partial charge in [0.25, 0.3) is 0 Å². The second kappa shape index (κ2) is 7.45. The van der Waals surface area contributed by atoms with Crippen molar-refractivity contribution in [1.82, 2.24) is 4.72 Å². The van der Waals surface area contributed by atoms with Crippen LogP contribution in [0.4, 0.5) is 0 Å². The van der Waals surface area contributed by atoms with Crippen LogP contribution in [0.3, 0.4) is 0 Å². The smallest absolute Gasteiger partial charge is 0.250 e. The van der Waals surface area contributed by atoms with E-state index in [1.807, 2.05) is 37.3 Å². The van der Waals surface area contributed by atoms with Crippen LogP contribution in [0.1, 0.15) is 23.3 Å². The summed E-state index contributed by atoms with van der Waals surface area (Å²) in [5.41, 5.74) is 0.704. The quantitative estimate of drug-likeness (QED) is 0.835. The van der Waals surface area contributed by atoms with Gasteiger partial charge in [-0.15, -0.1) is 11.3 Å². The fraction of sp³-hybridized carbons (Fsp3) is 0.444. The van der Waals surface area contributed by atoms with Crippen molar-refractivity contribution >= 4 is 21.4 Å². The van der Waals surface area contributed by atoms with E-state index in [9.17, 15) is 8.42 Å². The molecule has 1 aromatic carbocycles. The highest BCUT2D eigenvalue weighted by Gasteiger charge is 2.38. The number of thiophene rings is 1. The van der Waals surface area contributed by atoms with E-state index in [0.29, 0.717) is 24.0 Å². The van der Waals surface area contributed by atoms with Gasteiger partial charge in [0.05, 0.1) is 7.11 Å². The number of benzene rings is 1. The molecule has 0 atom stereocenters. The summed E-state index contributed by atoms with van der Waals surface area (Å²) in [5, 5.41) is 0. The first kappa shape index (κ1) is 18.4. The molecule has 1 aliphatic rings. The first-order chi connectivity index (χ1) is 12.0. The number of para-hydroxylation sites is 1. The molecular weight excluding hydrogens is 358 g/mol. The Bertz CT molecular complexity index is 823. The predicted molar refractivity (Wildman–Crippen MR) is 99.0 cm³/mol. The minimum absolute atomic E-state index is 0.329. The Morgan fingerprint density at radius 1 is 1.20 bits per heavy atom. The Morgan fingerprint density at radius 2 is 1.92 bits per heavy atom. The molecule has 7 heteroatoms. The van der Waals surface area contributed by atoms with Gasteiger partial charge in [-0.2, -0.15) is 0 Å². The Kier molecular flexibility index (Phi) is 5.48. The fourth-order valence-corrected chi connectivity index (χ4v) is 5.70. The van der Waals surface area contributed by atoms with Gasteiger partial charge in [-0.3, -0.25) is 0 Å². The minimum Gasteiger partial charge on any atom is -0.496 e. The largest absolute Gasteiger partial charge is 0.496 e. The van der Waals surface area contributed by atoms with Gasteiger partial charge in [0.1, 0.15) is 9.96 Å². The van der Waals surface area contributed by atoms with Crippen LogP contribution < -0.4 is 9.46 Å². The molecule has 0 saturated carbocycles. The van der Waals surface area contributed by atoms with Gasteiger partial charge in [0.2, 0.25) is 10.0 Å². The summed E-state index contributed by atoms with van der Waals surface area (Å²) in [6, 6.07) is 11.3. The van der Waals surface area contributed by atoms with E-state index in [-0.39, 0.29) is 5.41 Å². The number of hydrogen-bond donors (Lipinski definition) is 1. The van der Waals surface area contributed by atoms with Crippen LogP contribution in [0.2, 0.25) is 0 Å². The van der Waals surface area contributed by atoms with E-state index in [0.717, 1.165) is 29.0 Å². The molecule has 0 amide bonds. The second-order valence-corrected chi connectivity index (χ2v) is 9.56. The van der Waals surface area contributed by atoms with Gasteiger partial charge in [-0.25, -0.2) is 13.1 Å². The van der Waals surface area contributed by atoms with E-state index in [2.05, 4.69) is 4.72 Å². The molecule has 0 radical (unpaired) electrons. The van der Waals surface area contributed by atoms with E-state index in [4.69, 9.17) is 9.47 Å². The molecule has 1 aromatic heterocycles. The fourth-order valence-electron chi connectivity index (χ4n) is 3.25. The van der Waals surface area contributed by atoms with Crippen molar-refractivity contribution in [3.63, 3.8) is 0 Å². The summed E-state index contributed by atoms with van der Waals surface area (Å²) in [7, 11) is -1.87. The maximum Gasteiger partial charge on any atom is 0.250 e. The molecule has 1 saturated heterocycles. The molecule has 1 fully saturated rings. The first-order valence-electron chi connectivity index (χ1n) is 8.24. The molecule has 136 valence electrons. The lowest BCUT2D eigenvalue weighted by molar-refractivity contribution is 0.0509. The van der Waals surface area contributed by atoms with Gasteiger partial charge in [-0.05, 0) is 38.0 Å². The molecule has 0 aliphatic carbocycles. The Hall–Kier alpha value is -1.41. The Balaban J connectivity index is 1.89. The maximum atomic E-state index is 12.7. The molecule has 1 N–H and O–H groups in total. The van der Waals surface area contributed by atoms with Crippen LogP contribution in [0.5, 0.6) is 5.75 Å². The van der Waals surface area contributed by atoms with Gasteiger partial charge in [0, 0.05) is 35.6 Å². The molecule has 0 spiro atoms. The summed E-state index contributed by atoms with van der Waals surface area (Å²) in [6.45, 7) is 3.45. The van der Waals surface area contributed by atoms with Gasteiger partial charge in [-0.1, -0.05) is 18.2 Å². The third-order valence-electron chi connectivity index (χ3n) is 4.71. The van der Waals surface area contributed by atoms with Crippen LogP contribution in [-0.2, 0) is 20.2 Å². The standard InChI is InChI=1S/C18H23NO4S2/c1-14-7-8-17(24-14)25(20,21)19-13-18(9-11-23-12-10-18)15-5-3-4-6-16(15)22-2/h3-8,19H,9-13H2,1-2H3. The van der Waals surface area contributed by atoms with Crippen LogP contribution in [0.15, 0.2) is 40.6 Å². The molecule has 2 aromatic rings. The van der Waals surface area contributed by atoms with E-state index in [1.54, 1.807) is 13.2 Å². The summed E-state index contributed by atoms with van der Waals surface area (Å²) >= 11 is 1.28. The number of hydrogen-bond acceptors (Lipinski definition) is 5. The molecule has 0 bridgehead atoms. The van der Waals surface area contributed by atoms with Crippen LogP contribution in [-0.4, -0.2) is 35.3 Å². The van der Waals surface area contributed by atoms with E-state index >= 15 is 0 Å². The number of sulfonamides is 1. The predicted octanol–water partition coefficient (Wildman–Crippen LogP) is 3.09. The zero-order chi connectivity index (χ0) is 17.9. The lowest BCUT2D eigenvalue weighted by Crippen LogP contribution is -2.44. The highest BCUT2D eigenvalue weighted by molar-refractivity contribution is 7.91. The van der Waals surface area contributed by atoms with Crippen molar-refractivity contribution in [2.24, 2.45) is 0 Å². The molecule has 3 rings (SSSR count). The van der Waals surface area contributed by atoms with Crippen LogP contribution >= 0.6 is 11.3 Å². The first-order valence-corrected chi connectivity index (χ1v) is 10.5. The molecule has 1 aliphatic heterocycles. The normalized spacial score (nSPS) is 17.4. The molecule has 5 nitrogen and oxygen atoms in total. The number of nitrogens with one attached hydrogen (secondary N) is 1. The zero-order valence-electron chi connectivity index (χ0n) is 14.4. The molecule has 2 heterocycles. The van der Waals surface area contributed by atoms with Crippen molar-refractivity contribution < 1.29 is 17.9 Å². The molecular formula is C18H23NO4S2. The highest BCUT2D eigenvalue weighted by Crippen LogP contribution is 2.39. The third-order valence-corrected chi connectivity index (χ3v) is 7.60. The second-order valence-electron chi connectivity index (χ2n) is 6.28. The Labute approximate surface area is 153 Å². The van der Waals surface area contributed by atoms with Crippen LogP contribution in [0.25, 0.3) is 0 Å². The number of aryl methyl sites for hydroxylation is 1. The van der Waals surface area contributed by atoms with Crippen molar-refractivity contribution in [2.45, 2.75) is 29.4 Å². The van der Waals surface area contributed by atoms with Crippen molar-refractivity contribution in [2.75, 3.05) is 26.9 Å². The van der Waals surface area contributed by atoms with Crippen molar-refractivity contribution in [3.05, 3.63) is 46.8 Å². The van der Waals surface area contributed by atoms with Crippen molar-refractivity contribution in [3.8, 4) is 5.75 Å². The number of ether oxygens (including phenoxy) is 2. The third kappa shape index (κ3) is 3.89. The SMILES string of the molecule is COc1ccccc1C1(CNS(=O)(=O)c2ccc(C)s2)CCOCC1. The summed E-state index contributed by atoms with van der Waals surface area (Å²) < 4.78 is 39.5. The topological polar surface area (TPSA) is 64.6 Å². The average Bonchev–Trinajstić information content (AvgIpc) is 3.08. The lowest BCUT2D eigenvalue weighted by Gasteiger charge is -2.38. The summed E-state index contributed by atoms with van der Waals surface area (Å²) in [5.74, 6) is 0.788. The van der Waals surface area contributed by atoms with Crippen LogP contribution in [0, 0.1) is 6.92 Å². The van der Waals surface area contributed by atoms with Gasteiger partial charge in [0.15, 0.2) is 0 Å².